The van der Waals surface area contributed by atoms with Gasteiger partial charge in [0.1, 0.15) is 30.8 Å². The van der Waals surface area contributed by atoms with Gasteiger partial charge in [0.05, 0.1) is 39.1 Å². The van der Waals surface area contributed by atoms with Crippen molar-refractivity contribution in [1.82, 2.24) is 0 Å². The number of alkyl halides is 2. The van der Waals surface area contributed by atoms with Crippen LogP contribution in [0.1, 0.15) is 142 Å². The summed E-state index contributed by atoms with van der Waals surface area (Å²) in [5.74, 6) is 1.05. The minimum absolute atomic E-state index is 0.00540. The molecule has 0 aliphatic heterocycles. The van der Waals surface area contributed by atoms with Crippen molar-refractivity contribution >= 4 is 105 Å². The summed E-state index contributed by atoms with van der Waals surface area (Å²) >= 11 is 21.4. The highest BCUT2D eigenvalue weighted by molar-refractivity contribution is 9.11. The molecule has 6 nitrogen and oxygen atoms in total. The van der Waals surface area contributed by atoms with E-state index in [0.29, 0.717) is 61.1 Å². The average Bonchev–Trinajstić information content (AvgIpc) is 3.15. The molecule has 55 heavy (non-hydrogen) atoms. The Labute approximate surface area is 384 Å². The number of hydrogen-bond donors (Lipinski definition) is 0. The number of hydrogen-bond acceptors (Lipinski definition) is 6. The van der Waals surface area contributed by atoms with Gasteiger partial charge in [-0.15, -0.1) is 0 Å². The quantitative estimate of drug-likeness (QED) is 0.0514. The Hall–Kier alpha value is 0.790. The van der Waals surface area contributed by atoms with E-state index < -0.39 is 9.84 Å². The van der Waals surface area contributed by atoms with Crippen LogP contribution < -0.4 is 9.47 Å². The maximum absolute atomic E-state index is 13.8. The van der Waals surface area contributed by atoms with Crippen LogP contribution in [-0.4, -0.2) is 57.7 Å². The van der Waals surface area contributed by atoms with E-state index in [1.165, 1.54) is 116 Å². The molecule has 13 heteroatoms. The molecule has 0 saturated carbocycles. The van der Waals surface area contributed by atoms with Crippen LogP contribution in [0.5, 0.6) is 11.5 Å². The fraction of sp³-hybridized carbons (Fsp3) is 0.714. The van der Waals surface area contributed by atoms with Gasteiger partial charge in [0.2, 0.25) is 9.84 Å². The SMILES string of the molecule is CCCCCCCCCCCCOCC(Br)COc1c(Br)cc(S(=O)(=O)c2cc(Br)c(OCC(CBr)OCCCCCCCCCCCC)c(Br)c2)cc1Br. The van der Waals surface area contributed by atoms with Crippen LogP contribution in [0.25, 0.3) is 0 Å². The van der Waals surface area contributed by atoms with Crippen molar-refractivity contribution in [1.29, 1.82) is 0 Å². The predicted octanol–water partition coefficient (Wildman–Crippen LogP) is 15.7. The van der Waals surface area contributed by atoms with E-state index in [2.05, 4.69) is 109 Å². The third-order valence-electron chi connectivity index (χ3n) is 9.35. The van der Waals surface area contributed by atoms with Crippen LogP contribution in [0.2, 0.25) is 0 Å². The number of unbranched alkanes of at least 4 members (excludes halogenated alkanes) is 18. The Morgan fingerprint density at radius 3 is 1.29 bits per heavy atom. The Bertz CT molecular complexity index is 1380. The zero-order valence-corrected chi connectivity index (χ0v) is 43.3. The first-order chi connectivity index (χ1) is 26.5. The second-order valence-corrected chi connectivity index (χ2v) is 21.6. The van der Waals surface area contributed by atoms with Crippen molar-refractivity contribution < 1.29 is 27.4 Å². The van der Waals surface area contributed by atoms with Crippen LogP contribution in [-0.2, 0) is 19.3 Å². The zero-order valence-electron chi connectivity index (χ0n) is 33.0. The lowest BCUT2D eigenvalue weighted by molar-refractivity contribution is 0.0335. The predicted molar refractivity (Wildman–Crippen MR) is 251 cm³/mol. The molecule has 0 heterocycles. The van der Waals surface area contributed by atoms with Gasteiger partial charge in [0.15, 0.2) is 0 Å². The molecular formula is C42H64Br6O6S. The summed E-state index contributed by atoms with van der Waals surface area (Å²) < 4.78 is 53.9. The standard InChI is InChI=1S/C42H64Br6O6S/c1-3-5-7-9-11-13-15-17-19-21-23-51-30-33(44)31-53-41-37(45)25-35(26-38(41)46)55(49,50)36-27-39(47)42(40(48)28-36)54-32-34(29-43)52-24-22-20-18-16-14-12-10-8-6-4-2/h25-28,33-34H,3-24,29-32H2,1-2H3. The Morgan fingerprint density at radius 2 is 0.891 bits per heavy atom. The smallest absolute Gasteiger partial charge is 0.206 e. The average molecular weight is 1180 g/mol. The largest absolute Gasteiger partial charge is 0.490 e. The van der Waals surface area contributed by atoms with Crippen LogP contribution in [0.15, 0.2) is 51.9 Å². The molecule has 0 amide bonds. The molecule has 2 rings (SSSR count). The van der Waals surface area contributed by atoms with Gasteiger partial charge < -0.3 is 18.9 Å². The van der Waals surface area contributed by atoms with Gasteiger partial charge in [-0.25, -0.2) is 8.42 Å². The van der Waals surface area contributed by atoms with Crippen LogP contribution >= 0.6 is 95.6 Å². The van der Waals surface area contributed by atoms with Crippen molar-refractivity contribution in [3.8, 4) is 11.5 Å². The van der Waals surface area contributed by atoms with Crippen molar-refractivity contribution in [3.63, 3.8) is 0 Å². The summed E-state index contributed by atoms with van der Waals surface area (Å²) in [7, 11) is -3.88. The lowest BCUT2D eigenvalue weighted by Gasteiger charge is -2.19. The highest BCUT2D eigenvalue weighted by Gasteiger charge is 2.25. The molecule has 2 atom stereocenters. The fourth-order valence-corrected chi connectivity index (χ4v) is 11.6. The maximum Gasteiger partial charge on any atom is 0.206 e. The Balaban J connectivity index is 1.80. The maximum atomic E-state index is 13.8. The Kier molecular flexibility index (Phi) is 29.9. The van der Waals surface area contributed by atoms with E-state index in [4.69, 9.17) is 18.9 Å². The molecule has 0 N–H and O–H groups in total. The summed E-state index contributed by atoms with van der Waals surface area (Å²) in [6.45, 7) is 7.17. The number of halogens is 6. The molecule has 0 aromatic heterocycles. The molecular weight excluding hydrogens is 1110 g/mol. The lowest BCUT2D eigenvalue weighted by Crippen LogP contribution is -2.24. The summed E-state index contributed by atoms with van der Waals surface area (Å²) in [6, 6.07) is 6.28. The molecule has 0 spiro atoms. The normalized spacial score (nSPS) is 12.9. The first-order valence-corrected chi connectivity index (χ1v) is 27.1. The highest BCUT2D eigenvalue weighted by atomic mass is 79.9. The molecule has 2 aromatic carbocycles. The van der Waals surface area contributed by atoms with Gasteiger partial charge in [0, 0.05) is 18.5 Å². The molecule has 0 fully saturated rings. The van der Waals surface area contributed by atoms with Gasteiger partial charge in [0.25, 0.3) is 0 Å². The van der Waals surface area contributed by atoms with E-state index in [-0.39, 0.29) is 20.7 Å². The topological polar surface area (TPSA) is 71.1 Å². The summed E-state index contributed by atoms with van der Waals surface area (Å²) in [6.07, 6.45) is 25.7. The number of sulfone groups is 1. The van der Waals surface area contributed by atoms with Crippen LogP contribution in [0.4, 0.5) is 0 Å². The second kappa shape index (κ2) is 31.6. The summed E-state index contributed by atoms with van der Waals surface area (Å²) in [4.78, 5) is 0.246. The minimum Gasteiger partial charge on any atom is -0.490 e. The molecule has 316 valence electrons. The molecule has 0 saturated heterocycles. The first kappa shape index (κ1) is 51.9. The van der Waals surface area contributed by atoms with E-state index in [1.54, 1.807) is 24.3 Å². The molecule has 0 aliphatic carbocycles. The summed E-state index contributed by atoms with van der Waals surface area (Å²) in [5, 5.41) is 0.638. The zero-order chi connectivity index (χ0) is 40.3. The number of benzene rings is 2. The van der Waals surface area contributed by atoms with E-state index in [9.17, 15) is 8.42 Å². The highest BCUT2D eigenvalue weighted by Crippen LogP contribution is 2.41. The Morgan fingerprint density at radius 1 is 0.527 bits per heavy atom. The van der Waals surface area contributed by atoms with Gasteiger partial charge in [-0.05, 0) is 101 Å². The van der Waals surface area contributed by atoms with Gasteiger partial charge in [-0.2, -0.15) is 0 Å². The van der Waals surface area contributed by atoms with E-state index in [1.807, 2.05) is 0 Å². The second-order valence-electron chi connectivity index (χ2n) is 14.2. The van der Waals surface area contributed by atoms with E-state index >= 15 is 0 Å². The third kappa shape index (κ3) is 21.7. The van der Waals surface area contributed by atoms with E-state index in [0.717, 1.165) is 19.4 Å². The lowest BCUT2D eigenvalue weighted by atomic mass is 10.1. The van der Waals surface area contributed by atoms with Crippen LogP contribution in [0.3, 0.4) is 0 Å². The third-order valence-corrected chi connectivity index (χ3v) is 14.7. The number of ether oxygens (including phenoxy) is 4. The van der Waals surface area contributed by atoms with Crippen molar-refractivity contribution in [2.75, 3.05) is 38.4 Å². The summed E-state index contributed by atoms with van der Waals surface area (Å²) in [5.41, 5.74) is 0. The first-order valence-electron chi connectivity index (χ1n) is 20.4. The minimum atomic E-state index is -3.88. The monoisotopic (exact) mass is 1170 g/mol. The van der Waals surface area contributed by atoms with Crippen molar-refractivity contribution in [2.45, 2.75) is 163 Å². The van der Waals surface area contributed by atoms with Gasteiger partial charge in [-0.3, -0.25) is 0 Å². The molecule has 2 unspecified atom stereocenters. The van der Waals surface area contributed by atoms with Gasteiger partial charge in [-0.1, -0.05) is 161 Å². The fourth-order valence-electron chi connectivity index (χ4n) is 6.07. The van der Waals surface area contributed by atoms with Crippen LogP contribution in [0, 0.1) is 0 Å². The van der Waals surface area contributed by atoms with Gasteiger partial charge >= 0.3 is 0 Å². The molecule has 2 aromatic rings. The van der Waals surface area contributed by atoms with Crippen molar-refractivity contribution in [3.05, 3.63) is 42.2 Å². The molecule has 0 aliphatic rings. The van der Waals surface area contributed by atoms with Crippen molar-refractivity contribution in [2.24, 2.45) is 0 Å². The molecule has 0 bridgehead atoms. The molecule has 0 radical (unpaired) electrons. The number of rotatable bonds is 34.